The zero-order chi connectivity index (χ0) is 9.14. The van der Waals surface area contributed by atoms with Gasteiger partial charge >= 0.3 is 5.97 Å². The normalized spacial score (nSPS) is 25.4. The van der Waals surface area contributed by atoms with Gasteiger partial charge in [-0.05, 0) is 7.05 Å². The first kappa shape index (κ1) is 8.99. The molecular formula is C7H12N2O3. The van der Waals surface area contributed by atoms with E-state index in [-0.39, 0.29) is 0 Å². The molecule has 5 heteroatoms. The van der Waals surface area contributed by atoms with Gasteiger partial charge in [-0.1, -0.05) is 0 Å². The minimum atomic E-state index is -0.936. The fourth-order valence-corrected chi connectivity index (χ4v) is 1.28. The fourth-order valence-electron chi connectivity index (χ4n) is 1.28. The van der Waals surface area contributed by atoms with Crippen LogP contribution in [0.2, 0.25) is 0 Å². The molecule has 1 heterocycles. The number of aliphatic carboxylic acids is 1. The summed E-state index contributed by atoms with van der Waals surface area (Å²) in [4.78, 5) is 24.3. The first-order valence-electron chi connectivity index (χ1n) is 3.77. The van der Waals surface area contributed by atoms with E-state index in [0.717, 1.165) is 6.54 Å². The van der Waals surface area contributed by atoms with Gasteiger partial charge in [-0.2, -0.15) is 0 Å². The van der Waals surface area contributed by atoms with Crippen LogP contribution in [-0.4, -0.2) is 60.0 Å². The molecule has 1 aliphatic heterocycles. The average Bonchev–Trinajstić information content (AvgIpc) is 2.04. The zero-order valence-corrected chi connectivity index (χ0v) is 6.93. The van der Waals surface area contributed by atoms with Crippen LogP contribution in [0.1, 0.15) is 0 Å². The average molecular weight is 172 g/mol. The first-order valence-corrected chi connectivity index (χ1v) is 3.77. The molecule has 1 unspecified atom stereocenters. The Kier molecular flexibility index (Phi) is 2.65. The van der Waals surface area contributed by atoms with E-state index in [9.17, 15) is 9.59 Å². The summed E-state index contributed by atoms with van der Waals surface area (Å²) >= 11 is 0. The van der Waals surface area contributed by atoms with Gasteiger partial charge < -0.3 is 14.9 Å². The lowest BCUT2D eigenvalue weighted by molar-refractivity contribution is -0.149. The van der Waals surface area contributed by atoms with Gasteiger partial charge in [-0.15, -0.1) is 0 Å². The number of carboxylic acids is 1. The predicted molar refractivity (Wildman–Crippen MR) is 41.7 cm³/mol. The van der Waals surface area contributed by atoms with Crippen LogP contribution < -0.4 is 0 Å². The quantitative estimate of drug-likeness (QED) is 0.534. The Labute approximate surface area is 70.6 Å². The molecule has 1 aliphatic rings. The minimum absolute atomic E-state index is 0.411. The summed E-state index contributed by atoms with van der Waals surface area (Å²) in [6.45, 7) is 1.65. The molecule has 0 aromatic heterocycles. The zero-order valence-electron chi connectivity index (χ0n) is 6.93. The van der Waals surface area contributed by atoms with Gasteiger partial charge in [-0.3, -0.25) is 4.79 Å². The standard InChI is InChI=1S/C7H12N2O3/c1-8-2-3-9(5-10)6(4-8)7(11)12/h5-6H,2-4H2,1H3,(H,11,12). The molecule has 1 N–H and O–H groups in total. The van der Waals surface area contributed by atoms with Crippen molar-refractivity contribution in [2.75, 3.05) is 26.7 Å². The monoisotopic (exact) mass is 172 g/mol. The molecule has 1 fully saturated rings. The number of rotatable bonds is 2. The van der Waals surface area contributed by atoms with Gasteiger partial charge in [0.2, 0.25) is 6.41 Å². The van der Waals surface area contributed by atoms with Crippen LogP contribution >= 0.6 is 0 Å². The maximum Gasteiger partial charge on any atom is 0.327 e. The predicted octanol–water partition coefficient (Wildman–Crippen LogP) is -1.16. The molecule has 0 radical (unpaired) electrons. The Morgan fingerprint density at radius 3 is 2.75 bits per heavy atom. The largest absolute Gasteiger partial charge is 0.480 e. The second kappa shape index (κ2) is 3.53. The highest BCUT2D eigenvalue weighted by Crippen LogP contribution is 2.05. The van der Waals surface area contributed by atoms with Gasteiger partial charge in [0.15, 0.2) is 0 Å². The number of carboxylic acid groups (broad SMARTS) is 1. The number of hydrogen-bond acceptors (Lipinski definition) is 3. The van der Waals surface area contributed by atoms with Crippen LogP contribution in [0.25, 0.3) is 0 Å². The molecule has 0 spiro atoms. The summed E-state index contributed by atoms with van der Waals surface area (Å²) in [5.74, 6) is -0.936. The molecule has 0 aromatic rings. The van der Waals surface area contributed by atoms with E-state index in [1.54, 1.807) is 0 Å². The van der Waals surface area contributed by atoms with Crippen LogP contribution in [0.4, 0.5) is 0 Å². The number of hydrogen-bond donors (Lipinski definition) is 1. The maximum atomic E-state index is 10.6. The maximum absolute atomic E-state index is 10.6. The van der Waals surface area contributed by atoms with Gasteiger partial charge in [0.25, 0.3) is 0 Å². The van der Waals surface area contributed by atoms with Crippen LogP contribution in [-0.2, 0) is 9.59 Å². The van der Waals surface area contributed by atoms with Crippen molar-refractivity contribution in [1.82, 2.24) is 9.80 Å². The Hall–Kier alpha value is -1.10. The van der Waals surface area contributed by atoms with E-state index >= 15 is 0 Å². The summed E-state index contributed by atoms with van der Waals surface area (Å²) < 4.78 is 0. The van der Waals surface area contributed by atoms with Gasteiger partial charge in [0.1, 0.15) is 6.04 Å². The number of nitrogens with zero attached hydrogens (tertiary/aromatic N) is 2. The minimum Gasteiger partial charge on any atom is -0.480 e. The van der Waals surface area contributed by atoms with E-state index in [1.807, 2.05) is 11.9 Å². The summed E-state index contributed by atoms with van der Waals surface area (Å²) in [5.41, 5.74) is 0. The number of carbonyl (C=O) groups is 2. The topological polar surface area (TPSA) is 60.9 Å². The van der Waals surface area contributed by atoms with Crippen molar-refractivity contribution in [3.63, 3.8) is 0 Å². The van der Waals surface area contributed by atoms with Gasteiger partial charge in [0, 0.05) is 19.6 Å². The van der Waals surface area contributed by atoms with Crippen molar-refractivity contribution in [2.24, 2.45) is 0 Å². The summed E-state index contributed by atoms with van der Waals surface area (Å²) in [6, 6.07) is -0.679. The van der Waals surface area contributed by atoms with Crippen molar-refractivity contribution in [3.8, 4) is 0 Å². The van der Waals surface area contributed by atoms with E-state index in [0.29, 0.717) is 19.5 Å². The lowest BCUT2D eigenvalue weighted by Crippen LogP contribution is -2.54. The smallest absolute Gasteiger partial charge is 0.327 e. The van der Waals surface area contributed by atoms with E-state index in [4.69, 9.17) is 5.11 Å². The van der Waals surface area contributed by atoms with Crippen molar-refractivity contribution in [2.45, 2.75) is 6.04 Å². The third-order valence-corrected chi connectivity index (χ3v) is 2.05. The molecule has 1 rings (SSSR count). The van der Waals surface area contributed by atoms with Gasteiger partial charge in [0.05, 0.1) is 0 Å². The SMILES string of the molecule is CN1CCN(C=O)C(C(=O)O)C1. The van der Waals surface area contributed by atoms with Crippen LogP contribution in [0.15, 0.2) is 0 Å². The second-order valence-corrected chi connectivity index (χ2v) is 2.96. The van der Waals surface area contributed by atoms with Crippen LogP contribution in [0, 0.1) is 0 Å². The molecular weight excluding hydrogens is 160 g/mol. The molecule has 68 valence electrons. The summed E-state index contributed by atoms with van der Waals surface area (Å²) in [7, 11) is 1.85. The van der Waals surface area contributed by atoms with Crippen molar-refractivity contribution in [3.05, 3.63) is 0 Å². The molecule has 12 heavy (non-hydrogen) atoms. The first-order chi connectivity index (χ1) is 5.65. The lowest BCUT2D eigenvalue weighted by atomic mass is 10.2. The van der Waals surface area contributed by atoms with Crippen molar-refractivity contribution >= 4 is 12.4 Å². The molecule has 0 aliphatic carbocycles. The number of carbonyl (C=O) groups excluding carboxylic acids is 1. The Balaban J connectivity index is 2.63. The van der Waals surface area contributed by atoms with E-state index in [1.165, 1.54) is 4.90 Å². The third-order valence-electron chi connectivity index (χ3n) is 2.05. The highest BCUT2D eigenvalue weighted by atomic mass is 16.4. The van der Waals surface area contributed by atoms with Crippen LogP contribution in [0.3, 0.4) is 0 Å². The Morgan fingerprint density at radius 2 is 2.25 bits per heavy atom. The third kappa shape index (κ3) is 1.73. The van der Waals surface area contributed by atoms with Gasteiger partial charge in [-0.25, -0.2) is 4.79 Å². The van der Waals surface area contributed by atoms with Crippen molar-refractivity contribution in [1.29, 1.82) is 0 Å². The molecule has 1 amide bonds. The van der Waals surface area contributed by atoms with E-state index < -0.39 is 12.0 Å². The Morgan fingerprint density at radius 1 is 1.58 bits per heavy atom. The number of piperazine rings is 1. The molecule has 1 saturated heterocycles. The number of amides is 1. The fraction of sp³-hybridized carbons (Fsp3) is 0.714. The number of likely N-dealkylation sites (N-methyl/N-ethyl adjacent to an activating group) is 1. The summed E-state index contributed by atoms with van der Waals surface area (Å²) in [5, 5.41) is 8.73. The second-order valence-electron chi connectivity index (χ2n) is 2.96. The molecule has 0 bridgehead atoms. The molecule has 1 atom stereocenters. The van der Waals surface area contributed by atoms with Crippen molar-refractivity contribution < 1.29 is 14.7 Å². The van der Waals surface area contributed by atoms with Crippen LogP contribution in [0.5, 0.6) is 0 Å². The highest BCUT2D eigenvalue weighted by molar-refractivity contribution is 5.76. The highest BCUT2D eigenvalue weighted by Gasteiger charge is 2.29. The molecule has 5 nitrogen and oxygen atoms in total. The molecule has 0 saturated carbocycles. The molecule has 0 aromatic carbocycles. The lowest BCUT2D eigenvalue weighted by Gasteiger charge is -2.34. The Bertz CT molecular complexity index is 195. The van der Waals surface area contributed by atoms with E-state index in [2.05, 4.69) is 0 Å². The summed E-state index contributed by atoms with van der Waals surface area (Å²) in [6.07, 6.45) is 0.603.